The van der Waals surface area contributed by atoms with Crippen LogP contribution in [0.3, 0.4) is 0 Å². The van der Waals surface area contributed by atoms with E-state index in [1.165, 1.54) is 68.1 Å². The second-order valence-electron chi connectivity index (χ2n) is 17.7. The lowest BCUT2D eigenvalue weighted by atomic mass is 9.33. The number of carboxylic acid groups (broad SMARTS) is 1. The minimum atomic E-state index is -1.24. The van der Waals surface area contributed by atoms with Crippen molar-refractivity contribution in [2.75, 3.05) is 19.8 Å². The van der Waals surface area contributed by atoms with Gasteiger partial charge < -0.3 is 15.5 Å². The lowest BCUT2D eigenvalue weighted by Gasteiger charge is -2.72. The van der Waals surface area contributed by atoms with Crippen LogP contribution in [0.5, 0.6) is 0 Å². The fourth-order valence-electron chi connectivity index (χ4n) is 13.4. The molecule has 0 spiro atoms. The average molecular weight is 610 g/mol. The van der Waals surface area contributed by atoms with E-state index in [9.17, 15) is 19.4 Å². The van der Waals surface area contributed by atoms with E-state index in [-0.39, 0.29) is 33.8 Å². The van der Waals surface area contributed by atoms with Crippen LogP contribution in [0.2, 0.25) is 0 Å². The van der Waals surface area contributed by atoms with E-state index in [0.717, 1.165) is 6.42 Å². The molecule has 0 bridgehead atoms. The summed E-state index contributed by atoms with van der Waals surface area (Å²) in [7, 11) is 0. The lowest BCUT2D eigenvalue weighted by molar-refractivity contribution is -0.221. The first kappa shape index (κ1) is 32.5. The number of halogens is 1. The number of aliphatic hydroxyl groups excluding tert-OH is 1. The molecule has 0 aromatic carbocycles. The Bertz CT molecular complexity index is 1250. The van der Waals surface area contributed by atoms with E-state index in [4.69, 9.17) is 0 Å². The summed E-state index contributed by atoms with van der Waals surface area (Å²) >= 11 is 0. The molecule has 0 aromatic rings. The summed E-state index contributed by atoms with van der Waals surface area (Å²) < 4.78 is 13.9. The molecule has 6 aliphatic rings. The largest absolute Gasteiger partial charge is 0.481 e. The molecule has 246 valence electrons. The van der Waals surface area contributed by atoms with E-state index < -0.39 is 18.1 Å². The van der Waals surface area contributed by atoms with Crippen molar-refractivity contribution in [3.05, 3.63) is 35.5 Å². The van der Waals surface area contributed by atoms with Crippen LogP contribution < -0.4 is 5.32 Å². The van der Waals surface area contributed by atoms with E-state index in [0.29, 0.717) is 55.4 Å². The molecular weight excluding hydrogens is 549 g/mol. The molecule has 6 rings (SSSR count). The first-order valence-corrected chi connectivity index (χ1v) is 17.9. The number of alkyl halides is 1. The van der Waals surface area contributed by atoms with E-state index in [1.54, 1.807) is 0 Å². The maximum absolute atomic E-state index is 13.9. The second kappa shape index (κ2) is 10.8. The van der Waals surface area contributed by atoms with Crippen LogP contribution in [0.15, 0.2) is 35.5 Å². The normalized spacial score (nSPS) is 47.8. The standard InChI is InChI=1S/C39H60FNO3/c1-25(2)27-12-19-39(41-22-23-42)21-20-36(6)29(32(27)39)8-9-31-35(5)15-13-28(34(3,4)30(35)14-16-37(31,36)7)26-10-17-38(24-40,18-11-26)33(43)44/h10,13,27,29-32,41-42H,1,8-9,11-12,14-24H2,2-7H3,(H,43,44). The average Bonchev–Trinajstić information content (AvgIpc) is 3.36. The minimum Gasteiger partial charge on any atom is -0.481 e. The van der Waals surface area contributed by atoms with Gasteiger partial charge in [0.05, 0.1) is 12.0 Å². The lowest BCUT2D eigenvalue weighted by Crippen LogP contribution is -2.68. The number of allylic oxidation sites excluding steroid dienone is 5. The molecule has 10 atom stereocenters. The Morgan fingerprint density at radius 1 is 0.955 bits per heavy atom. The van der Waals surface area contributed by atoms with Gasteiger partial charge in [-0.2, -0.15) is 0 Å². The van der Waals surface area contributed by atoms with Crippen molar-refractivity contribution in [3.63, 3.8) is 0 Å². The van der Waals surface area contributed by atoms with Gasteiger partial charge in [0.15, 0.2) is 0 Å². The smallest absolute Gasteiger partial charge is 0.312 e. The van der Waals surface area contributed by atoms with E-state index in [2.05, 4.69) is 65.6 Å². The number of nitrogens with one attached hydrogen (secondary N) is 1. The van der Waals surface area contributed by atoms with E-state index >= 15 is 0 Å². The zero-order valence-corrected chi connectivity index (χ0v) is 28.5. The van der Waals surface area contributed by atoms with Gasteiger partial charge in [0.25, 0.3) is 0 Å². The first-order valence-electron chi connectivity index (χ1n) is 17.9. The molecule has 3 N–H and O–H groups in total. The number of hydrogen-bond acceptors (Lipinski definition) is 3. The number of carbonyl (C=O) groups is 1. The Morgan fingerprint density at radius 3 is 2.32 bits per heavy atom. The summed E-state index contributed by atoms with van der Waals surface area (Å²) in [6.45, 7) is 19.7. The second-order valence-corrected chi connectivity index (χ2v) is 17.7. The molecule has 10 unspecified atom stereocenters. The third-order valence-corrected chi connectivity index (χ3v) is 15.9. The quantitative estimate of drug-likeness (QED) is 0.253. The molecule has 0 aliphatic heterocycles. The van der Waals surface area contributed by atoms with Gasteiger partial charge in [-0.3, -0.25) is 4.79 Å². The fraction of sp³-hybridized carbons (Fsp3) is 0.821. The Morgan fingerprint density at radius 2 is 1.70 bits per heavy atom. The highest BCUT2D eigenvalue weighted by Gasteiger charge is 2.70. The van der Waals surface area contributed by atoms with Crippen LogP contribution in [-0.2, 0) is 4.79 Å². The van der Waals surface area contributed by atoms with Crippen LogP contribution in [0.1, 0.15) is 119 Å². The Kier molecular flexibility index (Phi) is 7.97. The first-order chi connectivity index (χ1) is 20.7. The van der Waals surface area contributed by atoms with Crippen LogP contribution in [0.4, 0.5) is 4.39 Å². The zero-order chi connectivity index (χ0) is 31.9. The molecule has 5 heteroatoms. The Hall–Kier alpha value is -1.46. The van der Waals surface area contributed by atoms with Gasteiger partial charge >= 0.3 is 5.97 Å². The van der Waals surface area contributed by atoms with Crippen LogP contribution in [-0.4, -0.2) is 41.5 Å². The molecule has 0 heterocycles. The van der Waals surface area contributed by atoms with Crippen molar-refractivity contribution >= 4 is 5.97 Å². The van der Waals surface area contributed by atoms with Gasteiger partial charge in [-0.1, -0.05) is 58.9 Å². The van der Waals surface area contributed by atoms with Crippen LogP contribution >= 0.6 is 0 Å². The van der Waals surface area contributed by atoms with Gasteiger partial charge in [-0.05, 0) is 146 Å². The number of aliphatic carboxylic acids is 1. The Balaban J connectivity index is 1.32. The SMILES string of the molecule is C=C(C)C1CCC2(NCCO)CCC3(C)C(CCC4C5(C)CC=C(C6=CCC(CF)(C(=O)O)CC6)C(C)(C)C5CCC43C)C12. The monoisotopic (exact) mass is 609 g/mol. The molecule has 4 fully saturated rings. The van der Waals surface area contributed by atoms with Crippen molar-refractivity contribution in [1.82, 2.24) is 5.32 Å². The maximum atomic E-state index is 13.9. The van der Waals surface area contributed by atoms with Crippen molar-refractivity contribution in [2.45, 2.75) is 124 Å². The third-order valence-electron chi connectivity index (χ3n) is 15.9. The molecule has 44 heavy (non-hydrogen) atoms. The molecule has 0 radical (unpaired) electrons. The van der Waals surface area contributed by atoms with Crippen molar-refractivity contribution in [1.29, 1.82) is 0 Å². The third kappa shape index (κ3) is 4.29. The zero-order valence-electron chi connectivity index (χ0n) is 28.5. The predicted octanol–water partition coefficient (Wildman–Crippen LogP) is 8.67. The molecule has 0 saturated heterocycles. The van der Waals surface area contributed by atoms with Crippen LogP contribution in [0.25, 0.3) is 0 Å². The molecule has 0 amide bonds. The summed E-state index contributed by atoms with van der Waals surface area (Å²) in [5, 5.41) is 23.5. The highest BCUT2D eigenvalue weighted by atomic mass is 19.1. The number of carboxylic acids is 1. The van der Waals surface area contributed by atoms with Crippen molar-refractivity contribution in [3.8, 4) is 0 Å². The number of fused-ring (bicyclic) bond motifs is 7. The van der Waals surface area contributed by atoms with Gasteiger partial charge in [0.2, 0.25) is 0 Å². The van der Waals surface area contributed by atoms with Crippen molar-refractivity contribution in [2.24, 2.45) is 56.7 Å². The molecule has 0 aromatic heterocycles. The fourth-order valence-corrected chi connectivity index (χ4v) is 13.4. The van der Waals surface area contributed by atoms with Gasteiger partial charge in [0.1, 0.15) is 6.67 Å². The molecular formula is C39H60FNO3. The highest BCUT2D eigenvalue weighted by molar-refractivity contribution is 5.75. The number of β-amino-alcohol motifs (C(OH)–C–C–N with tert-alkyl or cyclic N) is 1. The number of hydrogen-bond donors (Lipinski definition) is 3. The molecule has 4 saturated carbocycles. The highest BCUT2D eigenvalue weighted by Crippen LogP contribution is 2.76. The van der Waals surface area contributed by atoms with Crippen LogP contribution in [0, 0.1) is 56.7 Å². The van der Waals surface area contributed by atoms with E-state index in [1.807, 2.05) is 0 Å². The topological polar surface area (TPSA) is 69.6 Å². The van der Waals surface area contributed by atoms with Gasteiger partial charge in [0, 0.05) is 12.1 Å². The number of aliphatic hydroxyl groups is 1. The summed E-state index contributed by atoms with van der Waals surface area (Å²) in [6.07, 6.45) is 17.0. The van der Waals surface area contributed by atoms with Gasteiger partial charge in [-0.25, -0.2) is 4.39 Å². The summed E-state index contributed by atoms with van der Waals surface area (Å²) in [5.41, 5.74) is 3.72. The Labute approximate surface area is 266 Å². The number of rotatable bonds is 7. The van der Waals surface area contributed by atoms with Gasteiger partial charge in [-0.15, -0.1) is 0 Å². The summed E-state index contributed by atoms with van der Waals surface area (Å²) in [5.74, 6) is 2.09. The molecule has 4 nitrogen and oxygen atoms in total. The predicted molar refractivity (Wildman–Crippen MR) is 176 cm³/mol. The summed E-state index contributed by atoms with van der Waals surface area (Å²) in [4.78, 5) is 11.9. The molecule has 6 aliphatic carbocycles. The summed E-state index contributed by atoms with van der Waals surface area (Å²) in [6, 6.07) is 0. The maximum Gasteiger partial charge on any atom is 0.312 e. The van der Waals surface area contributed by atoms with Crippen molar-refractivity contribution < 1.29 is 19.4 Å². The minimum absolute atomic E-state index is 0.00326.